The standard InChI is InChI=1S/C10H12BrNO2/c1-6(2)14-10(13)7-4-3-5-8(11)9(7)12/h3-6H,12H2,1-2H3. The number of carbonyl (C=O) groups is 1. The van der Waals surface area contributed by atoms with Crippen molar-refractivity contribution in [2.45, 2.75) is 20.0 Å². The molecule has 0 radical (unpaired) electrons. The van der Waals surface area contributed by atoms with E-state index in [4.69, 9.17) is 10.5 Å². The molecule has 0 heterocycles. The first-order valence-corrected chi connectivity index (χ1v) is 5.06. The van der Waals surface area contributed by atoms with E-state index in [1.165, 1.54) is 0 Å². The van der Waals surface area contributed by atoms with Crippen molar-refractivity contribution in [1.82, 2.24) is 0 Å². The highest BCUT2D eigenvalue weighted by Crippen LogP contribution is 2.23. The van der Waals surface area contributed by atoms with Crippen molar-refractivity contribution in [3.63, 3.8) is 0 Å². The van der Waals surface area contributed by atoms with E-state index < -0.39 is 0 Å². The van der Waals surface area contributed by atoms with Gasteiger partial charge in [0, 0.05) is 4.47 Å². The molecular formula is C10H12BrNO2. The van der Waals surface area contributed by atoms with Crippen molar-refractivity contribution in [1.29, 1.82) is 0 Å². The number of halogens is 1. The van der Waals surface area contributed by atoms with Crippen molar-refractivity contribution in [2.24, 2.45) is 0 Å². The number of esters is 1. The summed E-state index contributed by atoms with van der Waals surface area (Å²) in [5, 5.41) is 0. The van der Waals surface area contributed by atoms with E-state index in [-0.39, 0.29) is 12.1 Å². The third kappa shape index (κ3) is 2.48. The smallest absolute Gasteiger partial charge is 0.340 e. The van der Waals surface area contributed by atoms with E-state index in [9.17, 15) is 4.79 Å². The second kappa shape index (κ2) is 4.46. The van der Waals surface area contributed by atoms with Gasteiger partial charge in [0.25, 0.3) is 0 Å². The predicted molar refractivity (Wildman–Crippen MR) is 59.1 cm³/mol. The number of ether oxygens (including phenoxy) is 1. The molecule has 1 aromatic rings. The van der Waals surface area contributed by atoms with Gasteiger partial charge in [-0.2, -0.15) is 0 Å². The summed E-state index contributed by atoms with van der Waals surface area (Å²) in [6.07, 6.45) is -0.138. The van der Waals surface area contributed by atoms with Crippen LogP contribution >= 0.6 is 15.9 Å². The maximum atomic E-state index is 11.5. The molecule has 0 aliphatic carbocycles. The van der Waals surface area contributed by atoms with Crippen LogP contribution in [0, 0.1) is 0 Å². The van der Waals surface area contributed by atoms with Gasteiger partial charge in [-0.3, -0.25) is 0 Å². The minimum absolute atomic E-state index is 0.138. The first-order chi connectivity index (χ1) is 6.52. The zero-order valence-corrected chi connectivity index (χ0v) is 9.67. The molecule has 0 atom stereocenters. The van der Waals surface area contributed by atoms with Crippen molar-refractivity contribution < 1.29 is 9.53 Å². The Kier molecular flexibility index (Phi) is 3.52. The maximum Gasteiger partial charge on any atom is 0.340 e. The molecule has 0 fully saturated rings. The number of anilines is 1. The van der Waals surface area contributed by atoms with E-state index in [0.29, 0.717) is 15.7 Å². The Labute approximate surface area is 91.4 Å². The van der Waals surface area contributed by atoms with Crippen LogP contribution in [0.4, 0.5) is 5.69 Å². The van der Waals surface area contributed by atoms with Gasteiger partial charge >= 0.3 is 5.97 Å². The lowest BCUT2D eigenvalue weighted by molar-refractivity contribution is 0.0379. The Morgan fingerprint density at radius 1 is 1.50 bits per heavy atom. The first kappa shape index (κ1) is 11.0. The van der Waals surface area contributed by atoms with Gasteiger partial charge in [0.2, 0.25) is 0 Å². The van der Waals surface area contributed by atoms with E-state index in [0.717, 1.165) is 0 Å². The minimum Gasteiger partial charge on any atom is -0.459 e. The second-order valence-corrected chi connectivity index (χ2v) is 4.01. The van der Waals surface area contributed by atoms with Crippen molar-refractivity contribution in [2.75, 3.05) is 5.73 Å². The average molecular weight is 258 g/mol. The van der Waals surface area contributed by atoms with Crippen LogP contribution in [-0.4, -0.2) is 12.1 Å². The van der Waals surface area contributed by atoms with Crippen LogP contribution in [0.2, 0.25) is 0 Å². The molecule has 0 spiro atoms. The highest BCUT2D eigenvalue weighted by atomic mass is 79.9. The first-order valence-electron chi connectivity index (χ1n) is 4.27. The van der Waals surface area contributed by atoms with Gasteiger partial charge in [-0.25, -0.2) is 4.79 Å². The molecule has 1 aromatic carbocycles. The quantitative estimate of drug-likeness (QED) is 0.655. The lowest BCUT2D eigenvalue weighted by atomic mass is 10.2. The van der Waals surface area contributed by atoms with Gasteiger partial charge in [0.05, 0.1) is 17.4 Å². The summed E-state index contributed by atoms with van der Waals surface area (Å²) in [5.41, 5.74) is 6.52. The fourth-order valence-corrected chi connectivity index (χ4v) is 1.36. The number of para-hydroxylation sites is 1. The zero-order chi connectivity index (χ0) is 10.7. The number of nitrogen functional groups attached to an aromatic ring is 1. The average Bonchev–Trinajstić information content (AvgIpc) is 2.08. The van der Waals surface area contributed by atoms with Crippen LogP contribution in [-0.2, 0) is 4.74 Å². The van der Waals surface area contributed by atoms with Crippen LogP contribution in [0.15, 0.2) is 22.7 Å². The molecule has 0 saturated carbocycles. The number of nitrogens with two attached hydrogens (primary N) is 1. The lowest BCUT2D eigenvalue weighted by Gasteiger charge is -2.10. The fourth-order valence-electron chi connectivity index (χ4n) is 0.993. The van der Waals surface area contributed by atoms with Gasteiger partial charge in [0.1, 0.15) is 0 Å². The van der Waals surface area contributed by atoms with Gasteiger partial charge in [-0.15, -0.1) is 0 Å². The highest BCUT2D eigenvalue weighted by Gasteiger charge is 2.13. The maximum absolute atomic E-state index is 11.5. The van der Waals surface area contributed by atoms with E-state index in [2.05, 4.69) is 15.9 Å². The monoisotopic (exact) mass is 257 g/mol. The van der Waals surface area contributed by atoms with Crippen molar-refractivity contribution in [3.05, 3.63) is 28.2 Å². The molecule has 76 valence electrons. The van der Waals surface area contributed by atoms with Gasteiger partial charge in [0.15, 0.2) is 0 Å². The van der Waals surface area contributed by atoms with E-state index >= 15 is 0 Å². The Hall–Kier alpha value is -1.03. The number of carbonyl (C=O) groups excluding carboxylic acids is 1. The fraction of sp³-hybridized carbons (Fsp3) is 0.300. The van der Waals surface area contributed by atoms with Crippen LogP contribution in [0.25, 0.3) is 0 Å². The molecule has 1 rings (SSSR count). The van der Waals surface area contributed by atoms with Crippen LogP contribution in [0.3, 0.4) is 0 Å². The largest absolute Gasteiger partial charge is 0.459 e. The topological polar surface area (TPSA) is 52.3 Å². The van der Waals surface area contributed by atoms with Gasteiger partial charge in [-0.1, -0.05) is 6.07 Å². The molecule has 2 N–H and O–H groups in total. The van der Waals surface area contributed by atoms with Crippen molar-refractivity contribution >= 4 is 27.6 Å². The lowest BCUT2D eigenvalue weighted by Crippen LogP contribution is -2.13. The molecule has 4 heteroatoms. The molecule has 0 aliphatic rings. The van der Waals surface area contributed by atoms with Crippen LogP contribution < -0.4 is 5.73 Å². The summed E-state index contributed by atoms with van der Waals surface area (Å²) in [4.78, 5) is 11.5. The molecule has 3 nitrogen and oxygen atoms in total. The summed E-state index contributed by atoms with van der Waals surface area (Å²) < 4.78 is 5.74. The Morgan fingerprint density at radius 2 is 2.14 bits per heavy atom. The number of benzene rings is 1. The Morgan fingerprint density at radius 3 is 2.71 bits per heavy atom. The Balaban J connectivity index is 2.96. The number of hydrogen-bond acceptors (Lipinski definition) is 3. The predicted octanol–water partition coefficient (Wildman–Crippen LogP) is 2.60. The molecule has 0 saturated heterocycles. The third-order valence-corrected chi connectivity index (χ3v) is 2.31. The van der Waals surface area contributed by atoms with E-state index in [1.807, 2.05) is 0 Å². The molecule has 0 amide bonds. The number of rotatable bonds is 2. The van der Waals surface area contributed by atoms with Gasteiger partial charge < -0.3 is 10.5 Å². The SMILES string of the molecule is CC(C)OC(=O)c1cccc(Br)c1N. The normalized spacial score (nSPS) is 10.3. The van der Waals surface area contributed by atoms with Crippen LogP contribution in [0.1, 0.15) is 24.2 Å². The highest BCUT2D eigenvalue weighted by molar-refractivity contribution is 9.10. The summed E-state index contributed by atoms with van der Waals surface area (Å²) in [6, 6.07) is 5.17. The second-order valence-electron chi connectivity index (χ2n) is 3.16. The molecule has 0 aromatic heterocycles. The summed E-state index contributed by atoms with van der Waals surface area (Å²) in [7, 11) is 0. The number of hydrogen-bond donors (Lipinski definition) is 1. The van der Waals surface area contributed by atoms with Crippen molar-refractivity contribution in [3.8, 4) is 0 Å². The van der Waals surface area contributed by atoms with Crippen LogP contribution in [0.5, 0.6) is 0 Å². The summed E-state index contributed by atoms with van der Waals surface area (Å²) in [6.45, 7) is 3.60. The molecule has 0 aliphatic heterocycles. The van der Waals surface area contributed by atoms with E-state index in [1.54, 1.807) is 32.0 Å². The molecule has 0 unspecified atom stereocenters. The minimum atomic E-state index is -0.390. The molecular weight excluding hydrogens is 246 g/mol. The molecule has 0 bridgehead atoms. The third-order valence-electron chi connectivity index (χ3n) is 1.62. The molecule has 14 heavy (non-hydrogen) atoms. The summed E-state index contributed by atoms with van der Waals surface area (Å²) >= 11 is 3.25. The zero-order valence-electron chi connectivity index (χ0n) is 8.08. The Bertz CT molecular complexity index is 350. The van der Waals surface area contributed by atoms with Gasteiger partial charge in [-0.05, 0) is 41.9 Å². The summed E-state index contributed by atoms with van der Waals surface area (Å²) in [5.74, 6) is -0.390.